The second kappa shape index (κ2) is 2.42. The number of hydrogen-bond acceptors (Lipinski definition) is 4. The molecule has 2 aliphatic heterocycles. The van der Waals surface area contributed by atoms with Crippen LogP contribution >= 0.6 is 0 Å². The van der Waals surface area contributed by atoms with Gasteiger partial charge in [-0.2, -0.15) is 0 Å². The maximum Gasteiger partial charge on any atom is 0.233 e. The molecule has 4 heteroatoms. The highest BCUT2D eigenvalue weighted by atomic mass is 16.7. The molecule has 11 heavy (non-hydrogen) atoms. The summed E-state index contributed by atoms with van der Waals surface area (Å²) in [7, 11) is 0. The van der Waals surface area contributed by atoms with E-state index in [1.807, 2.05) is 11.8 Å². The molecule has 2 aliphatic rings. The third-order valence-corrected chi connectivity index (χ3v) is 2.25. The SMILES string of the molecule is CCOC1(O)CC2OCCN21. The summed E-state index contributed by atoms with van der Waals surface area (Å²) in [4.78, 5) is 1.84. The van der Waals surface area contributed by atoms with Crippen molar-refractivity contribution in [3.05, 3.63) is 0 Å². The summed E-state index contributed by atoms with van der Waals surface area (Å²) < 4.78 is 10.5. The fourth-order valence-corrected chi connectivity index (χ4v) is 1.70. The van der Waals surface area contributed by atoms with Gasteiger partial charge in [0.1, 0.15) is 6.23 Å². The van der Waals surface area contributed by atoms with Gasteiger partial charge in [-0.15, -0.1) is 0 Å². The number of fused-ring (bicyclic) bond motifs is 1. The van der Waals surface area contributed by atoms with E-state index in [9.17, 15) is 5.11 Å². The lowest BCUT2D eigenvalue weighted by atomic mass is 10.1. The number of nitrogens with zero attached hydrogens (tertiary/aromatic N) is 1. The van der Waals surface area contributed by atoms with Crippen LogP contribution in [0.25, 0.3) is 0 Å². The molecule has 0 amide bonds. The first-order chi connectivity index (χ1) is 5.26. The molecule has 1 N–H and O–H groups in total. The van der Waals surface area contributed by atoms with Crippen molar-refractivity contribution in [1.82, 2.24) is 4.90 Å². The number of ether oxygens (including phenoxy) is 2. The maximum atomic E-state index is 9.70. The van der Waals surface area contributed by atoms with Crippen molar-refractivity contribution in [3.63, 3.8) is 0 Å². The molecular weight excluding hydrogens is 146 g/mol. The first kappa shape index (κ1) is 7.49. The van der Waals surface area contributed by atoms with Gasteiger partial charge in [0.15, 0.2) is 0 Å². The summed E-state index contributed by atoms with van der Waals surface area (Å²) >= 11 is 0. The average molecular weight is 159 g/mol. The lowest BCUT2D eigenvalue weighted by Crippen LogP contribution is -2.65. The highest BCUT2D eigenvalue weighted by Gasteiger charge is 2.55. The van der Waals surface area contributed by atoms with Crippen LogP contribution < -0.4 is 0 Å². The largest absolute Gasteiger partial charge is 0.361 e. The molecule has 2 saturated heterocycles. The van der Waals surface area contributed by atoms with Crippen molar-refractivity contribution in [2.45, 2.75) is 25.5 Å². The number of rotatable bonds is 2. The Balaban J connectivity index is 1.97. The molecule has 2 unspecified atom stereocenters. The van der Waals surface area contributed by atoms with Crippen LogP contribution in [0.4, 0.5) is 0 Å². The van der Waals surface area contributed by atoms with E-state index < -0.39 is 5.91 Å². The van der Waals surface area contributed by atoms with Crippen molar-refractivity contribution in [3.8, 4) is 0 Å². The third-order valence-electron chi connectivity index (χ3n) is 2.25. The van der Waals surface area contributed by atoms with Crippen LogP contribution in [-0.4, -0.2) is 41.9 Å². The zero-order valence-electron chi connectivity index (χ0n) is 6.62. The van der Waals surface area contributed by atoms with Gasteiger partial charge in [0, 0.05) is 13.2 Å². The molecule has 0 aromatic rings. The zero-order valence-corrected chi connectivity index (χ0v) is 6.62. The molecule has 0 saturated carbocycles. The summed E-state index contributed by atoms with van der Waals surface area (Å²) in [6.45, 7) is 3.91. The topological polar surface area (TPSA) is 41.9 Å². The minimum atomic E-state index is -1.02. The standard InChI is InChI=1S/C7H13NO3/c1-2-11-7(9)5-6-8(7)3-4-10-6/h6,9H,2-5H2,1H3. The van der Waals surface area contributed by atoms with Crippen molar-refractivity contribution in [2.75, 3.05) is 19.8 Å². The van der Waals surface area contributed by atoms with Gasteiger partial charge in [-0.05, 0) is 6.92 Å². The van der Waals surface area contributed by atoms with Crippen LogP contribution in [0.15, 0.2) is 0 Å². The molecule has 2 fully saturated rings. The monoisotopic (exact) mass is 159 g/mol. The van der Waals surface area contributed by atoms with Gasteiger partial charge in [-0.1, -0.05) is 0 Å². The van der Waals surface area contributed by atoms with Gasteiger partial charge in [0.2, 0.25) is 5.91 Å². The van der Waals surface area contributed by atoms with Crippen LogP contribution in [0.2, 0.25) is 0 Å². The lowest BCUT2D eigenvalue weighted by Gasteiger charge is -2.48. The van der Waals surface area contributed by atoms with Crippen molar-refractivity contribution < 1.29 is 14.6 Å². The van der Waals surface area contributed by atoms with E-state index in [1.54, 1.807) is 0 Å². The van der Waals surface area contributed by atoms with Crippen LogP contribution in [0, 0.1) is 0 Å². The Kier molecular flexibility index (Phi) is 1.64. The van der Waals surface area contributed by atoms with Crippen molar-refractivity contribution >= 4 is 0 Å². The Bertz CT molecular complexity index is 164. The Morgan fingerprint density at radius 2 is 2.64 bits per heavy atom. The van der Waals surface area contributed by atoms with Crippen LogP contribution in [0.5, 0.6) is 0 Å². The normalized spacial score (nSPS) is 43.6. The van der Waals surface area contributed by atoms with Crippen molar-refractivity contribution in [1.29, 1.82) is 0 Å². The highest BCUT2D eigenvalue weighted by molar-refractivity contribution is 4.90. The summed E-state index contributed by atoms with van der Waals surface area (Å²) in [5, 5.41) is 9.70. The Labute approximate surface area is 65.7 Å². The van der Waals surface area contributed by atoms with E-state index in [1.165, 1.54) is 0 Å². The van der Waals surface area contributed by atoms with E-state index in [2.05, 4.69) is 0 Å². The minimum Gasteiger partial charge on any atom is -0.361 e. The lowest BCUT2D eigenvalue weighted by molar-refractivity contribution is -0.377. The quantitative estimate of drug-likeness (QED) is 0.563. The fourth-order valence-electron chi connectivity index (χ4n) is 1.70. The first-order valence-corrected chi connectivity index (χ1v) is 4.01. The summed E-state index contributed by atoms with van der Waals surface area (Å²) in [5.41, 5.74) is 0. The zero-order chi connectivity index (χ0) is 7.90. The first-order valence-electron chi connectivity index (χ1n) is 4.01. The summed E-state index contributed by atoms with van der Waals surface area (Å²) in [5.74, 6) is -1.02. The second-order valence-electron chi connectivity index (χ2n) is 2.90. The van der Waals surface area contributed by atoms with E-state index in [0.717, 1.165) is 6.54 Å². The van der Waals surface area contributed by atoms with Gasteiger partial charge < -0.3 is 14.6 Å². The van der Waals surface area contributed by atoms with E-state index in [0.29, 0.717) is 19.6 Å². The smallest absolute Gasteiger partial charge is 0.233 e. The van der Waals surface area contributed by atoms with Gasteiger partial charge in [-0.3, -0.25) is 0 Å². The fraction of sp³-hybridized carbons (Fsp3) is 1.00. The number of hydrogen-bond donors (Lipinski definition) is 1. The van der Waals surface area contributed by atoms with Crippen LogP contribution in [-0.2, 0) is 9.47 Å². The van der Waals surface area contributed by atoms with Gasteiger partial charge in [0.25, 0.3) is 0 Å². The Hall–Kier alpha value is -0.160. The highest BCUT2D eigenvalue weighted by Crippen LogP contribution is 2.38. The predicted octanol–water partition coefficient (Wildman–Crippen LogP) is -0.269. The minimum absolute atomic E-state index is 0.103. The van der Waals surface area contributed by atoms with Gasteiger partial charge >= 0.3 is 0 Å². The van der Waals surface area contributed by atoms with Crippen LogP contribution in [0.1, 0.15) is 13.3 Å². The predicted molar refractivity (Wildman–Crippen MR) is 37.6 cm³/mol. The molecule has 2 atom stereocenters. The maximum absolute atomic E-state index is 9.70. The summed E-state index contributed by atoms with van der Waals surface area (Å²) in [6, 6.07) is 0. The molecule has 4 nitrogen and oxygen atoms in total. The molecule has 0 aromatic heterocycles. The summed E-state index contributed by atoms with van der Waals surface area (Å²) in [6.07, 6.45) is 0.687. The van der Waals surface area contributed by atoms with E-state index in [-0.39, 0.29) is 6.23 Å². The van der Waals surface area contributed by atoms with E-state index in [4.69, 9.17) is 9.47 Å². The Morgan fingerprint density at radius 1 is 1.82 bits per heavy atom. The van der Waals surface area contributed by atoms with E-state index >= 15 is 0 Å². The molecule has 0 bridgehead atoms. The molecule has 0 spiro atoms. The second-order valence-corrected chi connectivity index (χ2v) is 2.90. The molecule has 2 heterocycles. The van der Waals surface area contributed by atoms with Crippen LogP contribution in [0.3, 0.4) is 0 Å². The van der Waals surface area contributed by atoms with Gasteiger partial charge in [0.05, 0.1) is 13.0 Å². The molecule has 64 valence electrons. The van der Waals surface area contributed by atoms with Gasteiger partial charge in [-0.25, -0.2) is 4.90 Å². The molecule has 0 radical (unpaired) electrons. The Morgan fingerprint density at radius 3 is 3.27 bits per heavy atom. The van der Waals surface area contributed by atoms with Crippen molar-refractivity contribution in [2.24, 2.45) is 0 Å². The number of aliphatic hydroxyl groups is 1. The molecule has 2 rings (SSSR count). The third kappa shape index (κ3) is 0.980. The molecule has 0 aromatic carbocycles. The molecular formula is C7H13NO3. The molecule has 0 aliphatic carbocycles. The average Bonchev–Trinajstić information content (AvgIpc) is 2.32.